The summed E-state index contributed by atoms with van der Waals surface area (Å²) in [5.74, 6) is -1.73. The van der Waals surface area contributed by atoms with Gasteiger partial charge in [-0.25, -0.2) is 4.21 Å². The predicted molar refractivity (Wildman–Crippen MR) is 229 cm³/mol. The fraction of sp³-hybridized carbons (Fsp3) is 0.476. The third kappa shape index (κ3) is 22.7. The molecule has 0 aromatic heterocycles. The minimum Gasteiger partial charge on any atom is -0.750 e. The van der Waals surface area contributed by atoms with Gasteiger partial charge in [-0.05, 0) is 114 Å². The molecule has 320 valence electrons. The third-order valence-electron chi connectivity index (χ3n) is 8.30. The summed E-state index contributed by atoms with van der Waals surface area (Å²) in [6, 6.07) is 22.6. The summed E-state index contributed by atoms with van der Waals surface area (Å²) in [4.78, 5) is 45.6. The van der Waals surface area contributed by atoms with Crippen molar-refractivity contribution < 1.29 is 85.7 Å². The molecule has 1 saturated heterocycles. The van der Waals surface area contributed by atoms with Crippen LogP contribution in [0.1, 0.15) is 109 Å². The molecule has 5 unspecified atom stereocenters. The fourth-order valence-corrected chi connectivity index (χ4v) is 6.56. The number of benzene rings is 3. The molecule has 1 aliphatic heterocycles. The molecule has 1 aliphatic rings. The van der Waals surface area contributed by atoms with Crippen LogP contribution in [0, 0.1) is 0 Å². The van der Waals surface area contributed by atoms with E-state index in [4.69, 9.17) is 18.9 Å². The van der Waals surface area contributed by atoms with Gasteiger partial charge in [-0.1, -0.05) is 84.2 Å². The van der Waals surface area contributed by atoms with Gasteiger partial charge in [-0.3, -0.25) is 18.6 Å². The average molecular weight is 1040 g/mol. The van der Waals surface area contributed by atoms with E-state index in [1.807, 2.05) is 76.2 Å². The van der Waals surface area contributed by atoms with E-state index < -0.39 is 29.5 Å². The molecule has 59 heavy (non-hydrogen) atoms. The van der Waals surface area contributed by atoms with Gasteiger partial charge in [0.05, 0.1) is 36.3 Å². The number of carbonyl (C=O) groups is 4. The Labute approximate surface area is 397 Å². The summed E-state index contributed by atoms with van der Waals surface area (Å²) in [5, 5.41) is 9.92. The predicted octanol–water partition coefficient (Wildman–Crippen LogP) is 6.27. The molecule has 4 rings (SSSR count). The fourth-order valence-electron chi connectivity index (χ4n) is 5.47. The van der Waals surface area contributed by atoms with Crippen molar-refractivity contribution in [2.75, 3.05) is 6.61 Å². The first-order valence-electron chi connectivity index (χ1n) is 18.7. The molecule has 12 nitrogen and oxygen atoms in total. The first kappa shape index (κ1) is 55.2. The van der Waals surface area contributed by atoms with Crippen molar-refractivity contribution in [3.63, 3.8) is 0 Å². The van der Waals surface area contributed by atoms with E-state index in [1.165, 1.54) is 0 Å². The number of esters is 3. The Kier molecular flexibility index (Phi) is 26.9. The number of ether oxygens (including phenoxy) is 4. The van der Waals surface area contributed by atoms with Crippen LogP contribution < -0.4 is 29.6 Å². The minimum atomic E-state index is -2.84. The standard InChI is InChI=1S/C14H19BrO6S.2C14H17BrO3.Na/c1-9(2)20-13(16)8-7-12(14(17)21-22(18)19)10-3-5-11(15)6-4-10;1-10(2)18-13(16)7-8-14(9-17-14)11-3-5-12(15)6-4-11;1-10(2)18-14(17)8-5-12(9-16)11-3-6-13(15)7-4-11;/h3-6,9,12,14,17H,7-8H2,1-2H3,(H,18,19);3-6,10H,7-9H2,1-2H3;3-4,6-7,9-10,12H,5,8H2,1-2H3;/q;;;+1/p-1. The van der Waals surface area contributed by atoms with Crippen molar-refractivity contribution in [1.29, 1.82) is 0 Å². The van der Waals surface area contributed by atoms with Gasteiger partial charge in [0.2, 0.25) is 0 Å². The molecule has 3 aromatic carbocycles. The third-order valence-corrected chi connectivity index (χ3v) is 10.2. The molecule has 17 heteroatoms. The van der Waals surface area contributed by atoms with Crippen LogP contribution in [0.15, 0.2) is 86.2 Å². The van der Waals surface area contributed by atoms with Gasteiger partial charge in [0.15, 0.2) is 6.29 Å². The summed E-state index contributed by atoms with van der Waals surface area (Å²) in [5.41, 5.74) is 2.45. The number of rotatable bonds is 19. The molecule has 3 aromatic rings. The monoisotopic (exact) mass is 1040 g/mol. The van der Waals surface area contributed by atoms with Gasteiger partial charge in [-0.2, -0.15) is 0 Å². The van der Waals surface area contributed by atoms with Crippen molar-refractivity contribution in [2.45, 2.75) is 122 Å². The number of halogens is 3. The Morgan fingerprint density at radius 1 is 0.729 bits per heavy atom. The summed E-state index contributed by atoms with van der Waals surface area (Å²) in [6.07, 6.45) is 0.992. The van der Waals surface area contributed by atoms with Gasteiger partial charge < -0.3 is 33.4 Å². The van der Waals surface area contributed by atoms with Crippen LogP contribution in [-0.4, -0.2) is 69.3 Å². The molecule has 0 saturated carbocycles. The van der Waals surface area contributed by atoms with E-state index in [9.17, 15) is 33.0 Å². The number of aliphatic hydroxyl groups excluding tert-OH is 1. The second-order valence-corrected chi connectivity index (χ2v) is 17.5. The molecule has 1 N–H and O–H groups in total. The second-order valence-electron chi connectivity index (χ2n) is 14.1. The van der Waals surface area contributed by atoms with Crippen LogP contribution in [-0.2, 0) is 59.3 Å². The summed E-state index contributed by atoms with van der Waals surface area (Å²) in [6.45, 7) is 11.5. The number of hydrogen-bond acceptors (Lipinski definition) is 12. The molecular formula is C42H52Br3NaO12S. The van der Waals surface area contributed by atoms with E-state index in [0.29, 0.717) is 31.4 Å². The van der Waals surface area contributed by atoms with Gasteiger partial charge in [0.25, 0.3) is 0 Å². The zero-order valence-electron chi connectivity index (χ0n) is 34.4. The molecule has 0 bridgehead atoms. The zero-order chi connectivity index (χ0) is 43.4. The van der Waals surface area contributed by atoms with Crippen LogP contribution in [0.25, 0.3) is 0 Å². The quantitative estimate of drug-likeness (QED) is 0.0271. The van der Waals surface area contributed by atoms with E-state index in [0.717, 1.165) is 30.8 Å². The minimum absolute atomic E-state index is 0. The zero-order valence-corrected chi connectivity index (χ0v) is 42.0. The Hall–Kier alpha value is -1.83. The van der Waals surface area contributed by atoms with Gasteiger partial charge in [0, 0.05) is 44.5 Å². The van der Waals surface area contributed by atoms with Crippen molar-refractivity contribution in [2.24, 2.45) is 0 Å². The van der Waals surface area contributed by atoms with Crippen LogP contribution in [0.3, 0.4) is 0 Å². The van der Waals surface area contributed by atoms with Gasteiger partial charge in [0.1, 0.15) is 11.9 Å². The number of aldehydes is 1. The average Bonchev–Trinajstić information content (AvgIpc) is 3.93. The topological polar surface area (TPSA) is 178 Å². The van der Waals surface area contributed by atoms with Crippen LogP contribution in [0.2, 0.25) is 0 Å². The molecule has 5 atom stereocenters. The molecule has 0 amide bonds. The van der Waals surface area contributed by atoms with Crippen LogP contribution in [0.4, 0.5) is 0 Å². The number of epoxide rings is 1. The first-order valence-corrected chi connectivity index (χ1v) is 22.1. The molecule has 0 spiro atoms. The molecule has 0 radical (unpaired) electrons. The van der Waals surface area contributed by atoms with Crippen LogP contribution in [0.5, 0.6) is 0 Å². The Balaban J connectivity index is 0.000000442. The number of hydrogen-bond donors (Lipinski definition) is 1. The Morgan fingerprint density at radius 3 is 1.51 bits per heavy atom. The molecule has 1 heterocycles. The van der Waals surface area contributed by atoms with Gasteiger partial charge >= 0.3 is 47.5 Å². The normalized spacial score (nSPS) is 16.2. The first-order chi connectivity index (χ1) is 27.3. The second kappa shape index (κ2) is 28.7. The van der Waals surface area contributed by atoms with Crippen molar-refractivity contribution in [3.05, 3.63) is 103 Å². The Morgan fingerprint density at radius 2 is 1.12 bits per heavy atom. The molecular weight excluding hydrogens is 991 g/mol. The molecule has 0 aliphatic carbocycles. The number of carbonyl (C=O) groups excluding carboxylic acids is 4. The van der Waals surface area contributed by atoms with E-state index in [-0.39, 0.29) is 90.6 Å². The van der Waals surface area contributed by atoms with E-state index in [1.54, 1.807) is 38.1 Å². The van der Waals surface area contributed by atoms with E-state index >= 15 is 0 Å². The van der Waals surface area contributed by atoms with Crippen molar-refractivity contribution in [3.8, 4) is 0 Å². The van der Waals surface area contributed by atoms with Crippen molar-refractivity contribution >= 4 is 83.3 Å². The maximum Gasteiger partial charge on any atom is 1.00 e. The number of aliphatic hydroxyl groups is 1. The maximum absolute atomic E-state index is 11.6. The van der Waals surface area contributed by atoms with E-state index in [2.05, 4.69) is 52.0 Å². The van der Waals surface area contributed by atoms with Crippen LogP contribution >= 0.6 is 47.8 Å². The summed E-state index contributed by atoms with van der Waals surface area (Å²) in [7, 11) is 0. The smallest absolute Gasteiger partial charge is 0.750 e. The van der Waals surface area contributed by atoms with Gasteiger partial charge in [-0.15, -0.1) is 0 Å². The molecule has 1 fully saturated rings. The summed E-state index contributed by atoms with van der Waals surface area (Å²) < 4.78 is 49.2. The maximum atomic E-state index is 11.6. The van der Waals surface area contributed by atoms with Crippen molar-refractivity contribution in [1.82, 2.24) is 0 Å². The Bertz CT molecular complexity index is 1740. The SMILES string of the molecule is CC(C)OC(=O)CCC(C=O)c1ccc(Br)cc1.CC(C)OC(=O)CCC(c1ccc(Br)cc1)C(O)OS(=O)[O-].CC(C)OC(=O)CCC1(c2ccc(Br)cc2)CO1.[Na+]. The largest absolute Gasteiger partial charge is 1.00 e. The summed E-state index contributed by atoms with van der Waals surface area (Å²) >= 11 is 7.20.